The van der Waals surface area contributed by atoms with Crippen molar-refractivity contribution in [1.82, 2.24) is 4.90 Å². The molecule has 21 heavy (non-hydrogen) atoms. The highest BCUT2D eigenvalue weighted by Crippen LogP contribution is 2.39. The van der Waals surface area contributed by atoms with Crippen LogP contribution < -0.4 is 10.5 Å². The molecule has 2 aliphatic rings. The second-order valence-electron chi connectivity index (χ2n) is 6.89. The van der Waals surface area contributed by atoms with Crippen molar-refractivity contribution in [1.29, 1.82) is 0 Å². The number of nitrogens with two attached hydrogens (primary N) is 1. The zero-order valence-electron chi connectivity index (χ0n) is 13.3. The summed E-state index contributed by atoms with van der Waals surface area (Å²) in [6, 6.07) is 8.74. The summed E-state index contributed by atoms with van der Waals surface area (Å²) in [5.41, 5.74) is 7.63. The summed E-state index contributed by atoms with van der Waals surface area (Å²) in [6.45, 7) is 4.52. The zero-order valence-corrected chi connectivity index (χ0v) is 13.3. The molecule has 2 fully saturated rings. The molecule has 0 heterocycles. The van der Waals surface area contributed by atoms with Gasteiger partial charge in [-0.3, -0.25) is 4.90 Å². The summed E-state index contributed by atoms with van der Waals surface area (Å²) in [4.78, 5) is 2.64. The lowest BCUT2D eigenvalue weighted by Gasteiger charge is -2.35. The Hall–Kier alpha value is -1.06. The third-order valence-corrected chi connectivity index (χ3v) is 4.73. The second kappa shape index (κ2) is 6.37. The van der Waals surface area contributed by atoms with E-state index in [4.69, 9.17) is 10.5 Å². The van der Waals surface area contributed by atoms with E-state index < -0.39 is 0 Å². The van der Waals surface area contributed by atoms with Gasteiger partial charge in [-0.25, -0.2) is 0 Å². The molecule has 0 bridgehead atoms. The van der Waals surface area contributed by atoms with Crippen molar-refractivity contribution in [2.24, 2.45) is 17.6 Å². The van der Waals surface area contributed by atoms with Crippen LogP contribution in [0.5, 0.6) is 5.75 Å². The minimum atomic E-state index is 0.110. The molecule has 3 rings (SSSR count). The molecule has 2 atom stereocenters. The van der Waals surface area contributed by atoms with E-state index in [-0.39, 0.29) is 12.1 Å². The standard InChI is InChI=1S/C18H28N2O/c1-13(19)18(16-5-3-4-6-17(16)21-2)20(11-14-7-8-14)12-15-9-10-15/h3-6,13-15,18H,7-12,19H2,1-2H3. The summed E-state index contributed by atoms with van der Waals surface area (Å²) < 4.78 is 5.59. The second-order valence-corrected chi connectivity index (χ2v) is 6.89. The van der Waals surface area contributed by atoms with Crippen molar-refractivity contribution in [3.63, 3.8) is 0 Å². The number of nitrogens with zero attached hydrogens (tertiary/aromatic N) is 1. The molecule has 2 unspecified atom stereocenters. The number of methoxy groups -OCH3 is 1. The van der Waals surface area contributed by atoms with Crippen molar-refractivity contribution in [2.45, 2.75) is 44.7 Å². The Kier molecular flexibility index (Phi) is 4.51. The van der Waals surface area contributed by atoms with Gasteiger partial charge in [-0.1, -0.05) is 18.2 Å². The van der Waals surface area contributed by atoms with Gasteiger partial charge in [0.2, 0.25) is 0 Å². The highest BCUT2D eigenvalue weighted by Gasteiger charge is 2.35. The fourth-order valence-corrected chi connectivity index (χ4v) is 3.29. The van der Waals surface area contributed by atoms with Crippen molar-refractivity contribution in [2.75, 3.05) is 20.2 Å². The Bertz CT molecular complexity index is 452. The molecular formula is C18H28N2O. The largest absolute Gasteiger partial charge is 0.496 e. The van der Waals surface area contributed by atoms with Gasteiger partial charge in [0.25, 0.3) is 0 Å². The highest BCUT2D eigenvalue weighted by molar-refractivity contribution is 5.36. The van der Waals surface area contributed by atoms with E-state index >= 15 is 0 Å². The fourth-order valence-electron chi connectivity index (χ4n) is 3.29. The molecule has 3 nitrogen and oxygen atoms in total. The number of hydrogen-bond acceptors (Lipinski definition) is 3. The van der Waals surface area contributed by atoms with E-state index in [1.165, 1.54) is 44.3 Å². The topological polar surface area (TPSA) is 38.5 Å². The number of benzene rings is 1. The first-order chi connectivity index (χ1) is 10.2. The summed E-state index contributed by atoms with van der Waals surface area (Å²) in [5, 5.41) is 0. The molecule has 2 aliphatic carbocycles. The van der Waals surface area contributed by atoms with E-state index in [2.05, 4.69) is 30.0 Å². The molecule has 0 saturated heterocycles. The minimum absolute atomic E-state index is 0.110. The summed E-state index contributed by atoms with van der Waals surface area (Å²) in [7, 11) is 1.75. The molecule has 116 valence electrons. The summed E-state index contributed by atoms with van der Waals surface area (Å²) >= 11 is 0. The number of hydrogen-bond donors (Lipinski definition) is 1. The SMILES string of the molecule is COc1ccccc1C(C(C)N)N(CC1CC1)CC1CC1. The monoisotopic (exact) mass is 288 g/mol. The molecular weight excluding hydrogens is 260 g/mol. The smallest absolute Gasteiger partial charge is 0.123 e. The highest BCUT2D eigenvalue weighted by atomic mass is 16.5. The normalized spacial score (nSPS) is 21.3. The van der Waals surface area contributed by atoms with Crippen LogP contribution in [-0.4, -0.2) is 31.1 Å². The maximum Gasteiger partial charge on any atom is 0.123 e. The first-order valence-corrected chi connectivity index (χ1v) is 8.31. The van der Waals surface area contributed by atoms with E-state index in [0.29, 0.717) is 0 Å². The van der Waals surface area contributed by atoms with Gasteiger partial charge >= 0.3 is 0 Å². The molecule has 1 aromatic carbocycles. The van der Waals surface area contributed by atoms with Gasteiger partial charge in [0.1, 0.15) is 5.75 Å². The van der Waals surface area contributed by atoms with Crippen LogP contribution in [-0.2, 0) is 0 Å². The predicted octanol–water partition coefficient (Wildman–Crippen LogP) is 3.21. The lowest BCUT2D eigenvalue weighted by molar-refractivity contribution is 0.158. The van der Waals surface area contributed by atoms with E-state index in [0.717, 1.165) is 17.6 Å². The Morgan fingerprint density at radius 1 is 1.14 bits per heavy atom. The van der Waals surface area contributed by atoms with Crippen LogP contribution in [0.1, 0.15) is 44.2 Å². The van der Waals surface area contributed by atoms with Crippen LogP contribution in [0.2, 0.25) is 0 Å². The Morgan fingerprint density at radius 3 is 2.19 bits per heavy atom. The third-order valence-electron chi connectivity index (χ3n) is 4.73. The van der Waals surface area contributed by atoms with Gasteiger partial charge in [-0.15, -0.1) is 0 Å². The first-order valence-electron chi connectivity index (χ1n) is 8.31. The van der Waals surface area contributed by atoms with E-state index in [1.54, 1.807) is 7.11 Å². The van der Waals surface area contributed by atoms with Gasteiger partial charge in [0, 0.05) is 24.7 Å². The summed E-state index contributed by atoms with van der Waals surface area (Å²) in [6.07, 6.45) is 5.55. The van der Waals surface area contributed by atoms with Gasteiger partial charge in [-0.2, -0.15) is 0 Å². The van der Waals surface area contributed by atoms with Crippen LogP contribution in [0.15, 0.2) is 24.3 Å². The third kappa shape index (κ3) is 3.78. The molecule has 3 heteroatoms. The Labute approximate surface area is 128 Å². The minimum Gasteiger partial charge on any atom is -0.496 e. The Morgan fingerprint density at radius 2 is 1.71 bits per heavy atom. The van der Waals surface area contributed by atoms with E-state index in [9.17, 15) is 0 Å². The molecule has 0 amide bonds. The maximum atomic E-state index is 6.39. The van der Waals surface area contributed by atoms with E-state index in [1.807, 2.05) is 6.07 Å². The maximum absolute atomic E-state index is 6.39. The van der Waals surface area contributed by atoms with Crippen LogP contribution in [0.4, 0.5) is 0 Å². The molecule has 0 spiro atoms. The number of rotatable bonds is 8. The van der Waals surface area contributed by atoms with Crippen LogP contribution in [0, 0.1) is 11.8 Å². The fraction of sp³-hybridized carbons (Fsp3) is 0.667. The number of para-hydroxylation sites is 1. The molecule has 2 saturated carbocycles. The molecule has 0 aromatic heterocycles. The average Bonchev–Trinajstić information content (AvgIpc) is 3.35. The van der Waals surface area contributed by atoms with Crippen molar-refractivity contribution in [3.8, 4) is 5.75 Å². The van der Waals surface area contributed by atoms with Gasteiger partial charge < -0.3 is 10.5 Å². The lowest BCUT2D eigenvalue weighted by atomic mass is 9.97. The molecule has 1 aromatic rings. The van der Waals surface area contributed by atoms with Gasteiger partial charge in [0.05, 0.1) is 13.2 Å². The van der Waals surface area contributed by atoms with Gasteiger partial charge in [0.15, 0.2) is 0 Å². The molecule has 2 N–H and O–H groups in total. The van der Waals surface area contributed by atoms with Crippen LogP contribution in [0.25, 0.3) is 0 Å². The summed E-state index contributed by atoms with van der Waals surface area (Å²) in [5.74, 6) is 2.75. The molecule has 0 radical (unpaired) electrons. The average molecular weight is 288 g/mol. The van der Waals surface area contributed by atoms with Crippen LogP contribution >= 0.6 is 0 Å². The Balaban J connectivity index is 1.85. The van der Waals surface area contributed by atoms with Crippen LogP contribution in [0.3, 0.4) is 0 Å². The number of ether oxygens (including phenoxy) is 1. The van der Waals surface area contributed by atoms with Gasteiger partial charge in [-0.05, 0) is 50.5 Å². The lowest BCUT2D eigenvalue weighted by Crippen LogP contribution is -2.41. The van der Waals surface area contributed by atoms with Crippen molar-refractivity contribution in [3.05, 3.63) is 29.8 Å². The predicted molar refractivity (Wildman–Crippen MR) is 86.4 cm³/mol. The zero-order chi connectivity index (χ0) is 14.8. The first kappa shape index (κ1) is 14.9. The quantitative estimate of drug-likeness (QED) is 0.798. The van der Waals surface area contributed by atoms with Crippen molar-refractivity contribution >= 4 is 0 Å². The van der Waals surface area contributed by atoms with Crippen molar-refractivity contribution < 1.29 is 4.74 Å². The molecule has 0 aliphatic heterocycles.